The minimum Gasteiger partial charge on any atom is -0.353 e. The normalized spacial score (nSPS) is 21.0. The van der Waals surface area contributed by atoms with E-state index in [0.29, 0.717) is 11.2 Å². The molecule has 0 spiro atoms. The number of rotatable bonds is 2. The molecule has 1 atom stereocenters. The van der Waals surface area contributed by atoms with Crippen molar-refractivity contribution in [1.29, 1.82) is 0 Å². The highest BCUT2D eigenvalue weighted by atomic mass is 35.5. The molecular weight excluding hydrogens is 210 g/mol. The van der Waals surface area contributed by atoms with Gasteiger partial charge in [-0.15, -0.1) is 0 Å². The summed E-state index contributed by atoms with van der Waals surface area (Å²) in [5, 5.41) is 0.541. The fourth-order valence-electron chi connectivity index (χ4n) is 2.23. The molecule has 82 valence electrons. The van der Waals surface area contributed by atoms with Crippen LogP contribution in [-0.4, -0.2) is 22.6 Å². The van der Waals surface area contributed by atoms with E-state index in [4.69, 9.17) is 11.6 Å². The first-order chi connectivity index (χ1) is 7.20. The number of halogens is 1. The van der Waals surface area contributed by atoms with Crippen LogP contribution in [-0.2, 0) is 0 Å². The molecule has 1 aromatic heterocycles. The van der Waals surface area contributed by atoms with E-state index in [-0.39, 0.29) is 0 Å². The van der Waals surface area contributed by atoms with Crippen molar-refractivity contribution in [2.45, 2.75) is 39.2 Å². The van der Waals surface area contributed by atoms with Gasteiger partial charge in [-0.3, -0.25) is 0 Å². The molecule has 2 heterocycles. The smallest absolute Gasteiger partial charge is 0.134 e. The van der Waals surface area contributed by atoms with Crippen molar-refractivity contribution in [1.82, 2.24) is 9.97 Å². The average Bonchev–Trinajstić information content (AvgIpc) is 2.63. The Morgan fingerprint density at radius 1 is 1.53 bits per heavy atom. The van der Waals surface area contributed by atoms with Gasteiger partial charge in [0, 0.05) is 18.7 Å². The summed E-state index contributed by atoms with van der Waals surface area (Å²) < 4.78 is 0. The number of nitrogens with zero attached hydrogens (tertiary/aromatic N) is 3. The van der Waals surface area contributed by atoms with Crippen molar-refractivity contribution in [3.63, 3.8) is 0 Å². The number of aryl methyl sites for hydroxylation is 1. The third-order valence-corrected chi connectivity index (χ3v) is 3.13. The van der Waals surface area contributed by atoms with Crippen LogP contribution in [0.5, 0.6) is 0 Å². The molecule has 3 nitrogen and oxygen atoms in total. The Balaban J connectivity index is 2.28. The van der Waals surface area contributed by atoms with Crippen LogP contribution in [0, 0.1) is 6.92 Å². The van der Waals surface area contributed by atoms with E-state index in [9.17, 15) is 0 Å². The van der Waals surface area contributed by atoms with E-state index in [1.165, 1.54) is 19.3 Å². The van der Waals surface area contributed by atoms with Crippen molar-refractivity contribution in [2.24, 2.45) is 0 Å². The molecule has 0 saturated carbocycles. The van der Waals surface area contributed by atoms with E-state index >= 15 is 0 Å². The molecule has 0 aromatic carbocycles. The second-order valence-electron chi connectivity index (χ2n) is 3.99. The van der Waals surface area contributed by atoms with E-state index in [0.717, 1.165) is 18.2 Å². The Kier molecular flexibility index (Phi) is 3.10. The fraction of sp³-hybridized carbons (Fsp3) is 0.636. The molecule has 1 fully saturated rings. The Morgan fingerprint density at radius 2 is 2.33 bits per heavy atom. The summed E-state index contributed by atoms with van der Waals surface area (Å²) in [4.78, 5) is 10.9. The Bertz CT molecular complexity index is 333. The second kappa shape index (κ2) is 4.35. The number of hydrogen-bond acceptors (Lipinski definition) is 3. The molecule has 1 aromatic rings. The van der Waals surface area contributed by atoms with Crippen molar-refractivity contribution < 1.29 is 0 Å². The molecule has 1 aliphatic heterocycles. The summed E-state index contributed by atoms with van der Waals surface area (Å²) in [5.74, 6) is 1.73. The third-order valence-electron chi connectivity index (χ3n) is 2.94. The second-order valence-corrected chi connectivity index (χ2v) is 4.38. The fourth-order valence-corrected chi connectivity index (χ4v) is 2.45. The monoisotopic (exact) mass is 225 g/mol. The largest absolute Gasteiger partial charge is 0.353 e. The summed E-state index contributed by atoms with van der Waals surface area (Å²) in [7, 11) is 0. The molecule has 1 unspecified atom stereocenters. The summed E-state index contributed by atoms with van der Waals surface area (Å²) in [6, 6.07) is 2.48. The minimum absolute atomic E-state index is 0.541. The Labute approximate surface area is 95.5 Å². The zero-order valence-corrected chi connectivity index (χ0v) is 9.96. The maximum Gasteiger partial charge on any atom is 0.134 e. The molecule has 0 aliphatic carbocycles. The first-order valence-electron chi connectivity index (χ1n) is 5.48. The summed E-state index contributed by atoms with van der Waals surface area (Å²) >= 11 is 5.94. The van der Waals surface area contributed by atoms with Gasteiger partial charge in [-0.1, -0.05) is 18.5 Å². The van der Waals surface area contributed by atoms with E-state index in [2.05, 4.69) is 21.8 Å². The molecule has 0 amide bonds. The minimum atomic E-state index is 0.541. The van der Waals surface area contributed by atoms with Crippen LogP contribution in [0.25, 0.3) is 0 Å². The summed E-state index contributed by atoms with van der Waals surface area (Å²) in [5.41, 5.74) is 0. The molecule has 0 bridgehead atoms. The summed E-state index contributed by atoms with van der Waals surface area (Å²) in [6.45, 7) is 5.19. The molecule has 0 N–H and O–H groups in total. The van der Waals surface area contributed by atoms with Crippen LogP contribution in [0.3, 0.4) is 0 Å². The highest BCUT2D eigenvalue weighted by molar-refractivity contribution is 6.29. The summed E-state index contributed by atoms with van der Waals surface area (Å²) in [6.07, 6.45) is 3.68. The van der Waals surface area contributed by atoms with Gasteiger partial charge < -0.3 is 4.90 Å². The standard InChI is InChI=1S/C11H16ClN3/c1-3-9-5-4-6-15(9)11-7-10(12)13-8(2)14-11/h7,9H,3-6H2,1-2H3. The van der Waals surface area contributed by atoms with Gasteiger partial charge in [-0.2, -0.15) is 0 Å². The zero-order chi connectivity index (χ0) is 10.8. The van der Waals surface area contributed by atoms with Gasteiger partial charge in [0.1, 0.15) is 16.8 Å². The van der Waals surface area contributed by atoms with E-state index in [1.807, 2.05) is 13.0 Å². The lowest BCUT2D eigenvalue weighted by atomic mass is 10.2. The highest BCUT2D eigenvalue weighted by Gasteiger charge is 2.24. The van der Waals surface area contributed by atoms with Gasteiger partial charge in [0.2, 0.25) is 0 Å². The van der Waals surface area contributed by atoms with Gasteiger partial charge in [0.05, 0.1) is 0 Å². The zero-order valence-electron chi connectivity index (χ0n) is 9.20. The van der Waals surface area contributed by atoms with E-state index < -0.39 is 0 Å². The number of anilines is 1. The van der Waals surface area contributed by atoms with Gasteiger partial charge in [-0.05, 0) is 26.2 Å². The average molecular weight is 226 g/mol. The van der Waals surface area contributed by atoms with Crippen LogP contribution in [0.1, 0.15) is 32.0 Å². The Morgan fingerprint density at radius 3 is 3.00 bits per heavy atom. The number of aromatic nitrogens is 2. The molecule has 1 saturated heterocycles. The predicted octanol–water partition coefficient (Wildman–Crippen LogP) is 2.82. The lowest BCUT2D eigenvalue weighted by molar-refractivity contribution is 0.639. The van der Waals surface area contributed by atoms with Crippen molar-refractivity contribution in [2.75, 3.05) is 11.4 Å². The van der Waals surface area contributed by atoms with Crippen LogP contribution < -0.4 is 4.90 Å². The van der Waals surface area contributed by atoms with Crippen molar-refractivity contribution in [3.8, 4) is 0 Å². The first-order valence-corrected chi connectivity index (χ1v) is 5.86. The Hall–Kier alpha value is -0.830. The highest BCUT2D eigenvalue weighted by Crippen LogP contribution is 2.26. The predicted molar refractivity (Wildman–Crippen MR) is 62.4 cm³/mol. The van der Waals surface area contributed by atoms with Crippen LogP contribution in [0.4, 0.5) is 5.82 Å². The van der Waals surface area contributed by atoms with Gasteiger partial charge >= 0.3 is 0 Å². The maximum absolute atomic E-state index is 5.94. The molecule has 4 heteroatoms. The lowest BCUT2D eigenvalue weighted by Gasteiger charge is -2.24. The first kappa shape index (κ1) is 10.7. The SMILES string of the molecule is CCC1CCCN1c1cc(Cl)nc(C)n1. The molecule has 0 radical (unpaired) electrons. The van der Waals surface area contributed by atoms with E-state index in [1.54, 1.807) is 0 Å². The van der Waals surface area contributed by atoms with Crippen LogP contribution >= 0.6 is 11.6 Å². The quantitative estimate of drug-likeness (QED) is 0.725. The maximum atomic E-state index is 5.94. The van der Waals surface area contributed by atoms with Gasteiger partial charge in [0.25, 0.3) is 0 Å². The van der Waals surface area contributed by atoms with Crippen LogP contribution in [0.2, 0.25) is 5.15 Å². The van der Waals surface area contributed by atoms with Gasteiger partial charge in [-0.25, -0.2) is 9.97 Å². The number of hydrogen-bond donors (Lipinski definition) is 0. The van der Waals surface area contributed by atoms with Crippen molar-refractivity contribution >= 4 is 17.4 Å². The topological polar surface area (TPSA) is 29.0 Å². The van der Waals surface area contributed by atoms with Gasteiger partial charge in [0.15, 0.2) is 0 Å². The van der Waals surface area contributed by atoms with Crippen molar-refractivity contribution in [3.05, 3.63) is 17.0 Å². The molecule has 15 heavy (non-hydrogen) atoms. The molecule has 1 aliphatic rings. The third kappa shape index (κ3) is 2.23. The molecule has 2 rings (SSSR count). The molecular formula is C11H16ClN3. The lowest BCUT2D eigenvalue weighted by Crippen LogP contribution is -2.29. The van der Waals surface area contributed by atoms with Crippen LogP contribution in [0.15, 0.2) is 6.07 Å².